The Bertz CT molecular complexity index is 2230. The molecular weight excluding hydrogens is 815 g/mol. The monoisotopic (exact) mass is 869 g/mol. The molecule has 0 unspecified atom stereocenters. The minimum atomic E-state index is -2.61. The molecule has 3 amide bonds. The summed E-state index contributed by atoms with van der Waals surface area (Å²) in [5.74, 6) is -0.490. The molecule has 9 atom stereocenters. The minimum Gasteiger partial charge on any atom is -0.497 e. The van der Waals surface area contributed by atoms with Gasteiger partial charge in [0, 0.05) is 30.3 Å². The van der Waals surface area contributed by atoms with Gasteiger partial charge in [-0.3, -0.25) is 14.4 Å². The van der Waals surface area contributed by atoms with Crippen molar-refractivity contribution >= 4 is 42.4 Å². The van der Waals surface area contributed by atoms with Crippen LogP contribution in [0.5, 0.6) is 11.5 Å². The summed E-state index contributed by atoms with van der Waals surface area (Å²) in [7, 11) is 0.560. The second kappa shape index (κ2) is 18.3. The standard InChI is InChI=1S/C46H55N3O12Si/c1-27-42(62(4,5)33-18-15-31(58-2)16-19-33)36(24-37(51)48(21-22-50)25-28-9-7-6-8-10-28)61-46(27)34-23-32(59-3)17-20-35(34)49(45(46)57)26-29-11-13-30(14-12-29)47-43(55)41-39(53)38(52)40(54)44(56)60-41/h6-20,23,27,36,38-42,44,50,52-54,56H,21-22,24-26H2,1-5H3,(H,47,55)/t27-,36+,38+,39+,40-,41+,42-,44-,46+/m1/s1. The Morgan fingerprint density at radius 1 is 0.855 bits per heavy atom. The Morgan fingerprint density at radius 2 is 1.52 bits per heavy atom. The van der Waals surface area contributed by atoms with Gasteiger partial charge in [-0.1, -0.05) is 79.8 Å². The highest BCUT2D eigenvalue weighted by atomic mass is 28.3. The SMILES string of the molecule is COc1ccc([Si](C)(C)[C@H]2[C@H](CC(=O)N(CCO)Cc3ccccc3)O[C@@]3(C(=O)N(Cc4ccc(NC(=O)[C@H]5O[C@@H](O)[C@H](O)[C@@H](O)[C@@H]5O)cc4)c4ccc(OC)cc43)[C@@H]2C)cc1. The number of amides is 3. The third-order valence-electron chi connectivity index (χ3n) is 12.8. The first-order valence-corrected chi connectivity index (χ1v) is 23.7. The van der Waals surface area contributed by atoms with E-state index in [2.05, 4.69) is 30.5 Å². The molecule has 62 heavy (non-hydrogen) atoms. The fourth-order valence-corrected chi connectivity index (χ4v) is 13.5. The number of carbonyl (C=O) groups is 3. The van der Waals surface area contributed by atoms with Crippen LogP contribution in [-0.4, -0.2) is 120 Å². The van der Waals surface area contributed by atoms with E-state index in [0.717, 1.165) is 10.8 Å². The number of anilines is 2. The number of hydrogen-bond acceptors (Lipinski definition) is 12. The van der Waals surface area contributed by atoms with Crippen LogP contribution in [-0.2, 0) is 42.5 Å². The van der Waals surface area contributed by atoms with Crippen LogP contribution in [0.2, 0.25) is 18.6 Å². The Hall–Kier alpha value is -5.17. The third-order valence-corrected chi connectivity index (χ3v) is 17.1. The summed E-state index contributed by atoms with van der Waals surface area (Å²) in [6.45, 7) is 6.86. The Balaban J connectivity index is 1.21. The van der Waals surface area contributed by atoms with E-state index >= 15 is 4.79 Å². The lowest BCUT2D eigenvalue weighted by Gasteiger charge is -2.37. The zero-order valence-electron chi connectivity index (χ0n) is 35.4. The fourth-order valence-electron chi connectivity index (χ4n) is 9.46. The number of methoxy groups -OCH3 is 2. The van der Waals surface area contributed by atoms with E-state index in [1.807, 2.05) is 61.5 Å². The van der Waals surface area contributed by atoms with E-state index in [-0.39, 0.29) is 43.5 Å². The molecule has 6 N–H and O–H groups in total. The molecule has 0 saturated carbocycles. The zero-order chi connectivity index (χ0) is 44.5. The molecule has 15 nitrogen and oxygen atoms in total. The first kappa shape index (κ1) is 44.9. The van der Waals surface area contributed by atoms with Gasteiger partial charge in [-0.15, -0.1) is 0 Å². The smallest absolute Gasteiger partial charge is 0.264 e. The van der Waals surface area contributed by atoms with Gasteiger partial charge in [0.2, 0.25) is 5.91 Å². The van der Waals surface area contributed by atoms with Crippen molar-refractivity contribution < 1.29 is 58.9 Å². The number of aliphatic hydroxyl groups excluding tert-OH is 5. The average Bonchev–Trinajstić information content (AvgIpc) is 3.70. The molecular formula is C46H55N3O12Si. The van der Waals surface area contributed by atoms with Crippen molar-refractivity contribution in [3.8, 4) is 11.5 Å². The second-order valence-electron chi connectivity index (χ2n) is 16.8. The van der Waals surface area contributed by atoms with E-state index < -0.39 is 62.3 Å². The van der Waals surface area contributed by atoms with Gasteiger partial charge >= 0.3 is 0 Å². The van der Waals surface area contributed by atoms with Crippen LogP contribution < -0.4 is 24.9 Å². The number of rotatable bonds is 14. The van der Waals surface area contributed by atoms with Crippen molar-refractivity contribution in [3.63, 3.8) is 0 Å². The normalized spacial score (nSPS) is 26.9. The van der Waals surface area contributed by atoms with Crippen LogP contribution in [0.1, 0.15) is 30.0 Å². The molecule has 4 aromatic rings. The molecule has 3 heterocycles. The van der Waals surface area contributed by atoms with Crippen LogP contribution in [0.4, 0.5) is 11.4 Å². The summed E-state index contributed by atoms with van der Waals surface area (Å²) in [6.07, 6.45) is -9.57. The lowest BCUT2D eigenvalue weighted by molar-refractivity contribution is -0.274. The van der Waals surface area contributed by atoms with E-state index in [1.165, 1.54) is 0 Å². The molecule has 0 aromatic heterocycles. The number of carbonyl (C=O) groups excluding carboxylic acids is 3. The summed E-state index contributed by atoms with van der Waals surface area (Å²) in [5, 5.41) is 53.8. The summed E-state index contributed by atoms with van der Waals surface area (Å²) >= 11 is 0. The molecule has 0 radical (unpaired) electrons. The lowest BCUT2D eigenvalue weighted by atomic mass is 9.82. The molecule has 330 valence electrons. The number of nitrogens with one attached hydrogen (secondary N) is 1. The maximum Gasteiger partial charge on any atom is 0.264 e. The van der Waals surface area contributed by atoms with Crippen molar-refractivity contribution in [2.24, 2.45) is 5.92 Å². The largest absolute Gasteiger partial charge is 0.497 e. The van der Waals surface area contributed by atoms with Crippen LogP contribution in [0.25, 0.3) is 0 Å². The van der Waals surface area contributed by atoms with Crippen LogP contribution >= 0.6 is 0 Å². The Labute approximate surface area is 361 Å². The van der Waals surface area contributed by atoms with Crippen molar-refractivity contribution in [3.05, 3.63) is 114 Å². The number of benzene rings is 4. The summed E-state index contributed by atoms with van der Waals surface area (Å²) in [4.78, 5) is 46.1. The van der Waals surface area contributed by atoms with Crippen LogP contribution in [0.15, 0.2) is 97.1 Å². The van der Waals surface area contributed by atoms with Crippen molar-refractivity contribution in [2.75, 3.05) is 37.6 Å². The number of aliphatic hydroxyl groups is 5. The lowest BCUT2D eigenvalue weighted by Crippen LogP contribution is -2.60. The van der Waals surface area contributed by atoms with E-state index in [0.29, 0.717) is 40.5 Å². The molecule has 2 saturated heterocycles. The van der Waals surface area contributed by atoms with Gasteiger partial charge in [0.15, 0.2) is 18.0 Å². The molecule has 0 bridgehead atoms. The topological polar surface area (TPSA) is 208 Å². The number of fused-ring (bicyclic) bond motifs is 2. The second-order valence-corrected chi connectivity index (χ2v) is 21.5. The van der Waals surface area contributed by atoms with Crippen molar-refractivity contribution in [1.82, 2.24) is 4.90 Å². The number of hydrogen-bond donors (Lipinski definition) is 6. The highest BCUT2D eigenvalue weighted by Crippen LogP contribution is 2.60. The van der Waals surface area contributed by atoms with Crippen LogP contribution in [0.3, 0.4) is 0 Å². The van der Waals surface area contributed by atoms with Gasteiger partial charge in [0.1, 0.15) is 29.8 Å². The summed E-state index contributed by atoms with van der Waals surface area (Å²) in [6, 6.07) is 29.7. The highest BCUT2D eigenvalue weighted by Gasteiger charge is 2.66. The third kappa shape index (κ3) is 8.36. The van der Waals surface area contributed by atoms with Gasteiger partial charge < -0.3 is 59.6 Å². The van der Waals surface area contributed by atoms with Gasteiger partial charge in [0.05, 0.1) is 53.7 Å². The van der Waals surface area contributed by atoms with Gasteiger partial charge in [0.25, 0.3) is 11.8 Å². The van der Waals surface area contributed by atoms with Gasteiger partial charge in [-0.2, -0.15) is 0 Å². The zero-order valence-corrected chi connectivity index (χ0v) is 36.4. The molecule has 16 heteroatoms. The Kier molecular flexibility index (Phi) is 13.2. The molecule has 1 spiro atoms. The summed E-state index contributed by atoms with van der Waals surface area (Å²) < 4.78 is 23.5. The van der Waals surface area contributed by atoms with E-state index in [9.17, 15) is 35.1 Å². The quantitative estimate of drug-likeness (QED) is 0.101. The van der Waals surface area contributed by atoms with E-state index in [4.69, 9.17) is 18.9 Å². The molecule has 0 aliphatic carbocycles. The van der Waals surface area contributed by atoms with Gasteiger partial charge in [-0.05, 0) is 59.1 Å². The molecule has 4 aromatic carbocycles. The number of nitrogens with zero attached hydrogens (tertiary/aromatic N) is 2. The minimum absolute atomic E-state index is 0.0165. The first-order valence-electron chi connectivity index (χ1n) is 20.7. The highest BCUT2D eigenvalue weighted by molar-refractivity contribution is 6.91. The maximum atomic E-state index is 15.4. The fraction of sp³-hybridized carbons (Fsp3) is 0.413. The predicted octanol–water partition coefficient (Wildman–Crippen LogP) is 2.62. The molecule has 7 rings (SSSR count). The summed E-state index contributed by atoms with van der Waals surface area (Å²) in [5.41, 5.74) is 1.48. The average molecular weight is 870 g/mol. The predicted molar refractivity (Wildman–Crippen MR) is 231 cm³/mol. The van der Waals surface area contributed by atoms with E-state index in [1.54, 1.807) is 54.4 Å². The molecule has 3 aliphatic heterocycles. The number of ether oxygens (including phenoxy) is 4. The van der Waals surface area contributed by atoms with Gasteiger partial charge in [-0.25, -0.2) is 0 Å². The van der Waals surface area contributed by atoms with Crippen molar-refractivity contribution in [1.29, 1.82) is 0 Å². The molecule has 2 fully saturated rings. The first-order chi connectivity index (χ1) is 29.6. The molecule has 3 aliphatic rings. The maximum absolute atomic E-state index is 15.4. The van der Waals surface area contributed by atoms with Crippen LogP contribution in [0, 0.1) is 5.92 Å². The Morgan fingerprint density at radius 3 is 2.16 bits per heavy atom. The van der Waals surface area contributed by atoms with Crippen molar-refractivity contribution in [2.45, 2.75) is 87.5 Å².